The number of Topliss-reactive ketones (excluding diaryl/α,β-unsaturated/α-hetero) is 1. The van der Waals surface area contributed by atoms with Crippen molar-refractivity contribution in [3.8, 4) is 0 Å². The smallest absolute Gasteiger partial charge is 0.185 e. The summed E-state index contributed by atoms with van der Waals surface area (Å²) in [5, 5.41) is -0.138. The van der Waals surface area contributed by atoms with Crippen LogP contribution in [0.25, 0.3) is 0 Å². The Balaban J connectivity index is 2.08. The third kappa shape index (κ3) is 5.01. The van der Waals surface area contributed by atoms with Gasteiger partial charge in [0.15, 0.2) is 15.6 Å². The van der Waals surface area contributed by atoms with Crippen LogP contribution in [-0.4, -0.2) is 14.2 Å². The Labute approximate surface area is 195 Å². The zero-order valence-corrected chi connectivity index (χ0v) is 19.5. The van der Waals surface area contributed by atoms with Crippen LogP contribution in [0, 0.1) is 6.92 Å². The average molecular weight is 502 g/mol. The lowest BCUT2D eigenvalue weighted by atomic mass is 10.0. The molecule has 3 aromatic carbocycles. The minimum absolute atomic E-state index is 0.110. The van der Waals surface area contributed by atoms with Crippen molar-refractivity contribution in [2.75, 3.05) is 0 Å². The molecule has 0 aromatic heterocycles. The van der Waals surface area contributed by atoms with E-state index in [9.17, 15) is 13.2 Å². The van der Waals surface area contributed by atoms with E-state index in [0.29, 0.717) is 15.6 Å². The van der Waals surface area contributed by atoms with E-state index in [0.717, 1.165) is 5.56 Å². The molecular weight excluding hydrogens is 486 g/mol. The van der Waals surface area contributed by atoms with Crippen molar-refractivity contribution >= 4 is 62.0 Å². The van der Waals surface area contributed by atoms with E-state index in [1.807, 2.05) is 6.92 Å². The zero-order chi connectivity index (χ0) is 22.1. The average Bonchev–Trinajstić information content (AvgIpc) is 2.68. The van der Waals surface area contributed by atoms with E-state index in [2.05, 4.69) is 0 Å². The Bertz CT molecular complexity index is 1210. The molecule has 0 fully saturated rings. The zero-order valence-electron chi connectivity index (χ0n) is 15.7. The molecule has 0 aliphatic heterocycles. The molecule has 8 heteroatoms. The first-order valence-electron chi connectivity index (χ1n) is 8.83. The number of carbonyl (C=O) groups is 1. The molecular formula is C22H16Cl4O3S. The highest BCUT2D eigenvalue weighted by Gasteiger charge is 2.32. The number of sulfone groups is 1. The lowest BCUT2D eigenvalue weighted by molar-refractivity contribution is 0.0981. The molecule has 0 heterocycles. The Morgan fingerprint density at radius 2 is 1.50 bits per heavy atom. The van der Waals surface area contributed by atoms with Crippen LogP contribution in [0.15, 0.2) is 65.6 Å². The van der Waals surface area contributed by atoms with E-state index >= 15 is 0 Å². The second kappa shape index (κ2) is 9.29. The van der Waals surface area contributed by atoms with E-state index in [-0.39, 0.29) is 26.9 Å². The molecule has 0 saturated heterocycles. The van der Waals surface area contributed by atoms with Gasteiger partial charge < -0.3 is 0 Å². The maximum atomic E-state index is 13.5. The van der Waals surface area contributed by atoms with Crippen LogP contribution in [0.4, 0.5) is 0 Å². The molecule has 30 heavy (non-hydrogen) atoms. The fraction of sp³-hybridized carbons (Fsp3) is 0.136. The highest BCUT2D eigenvalue weighted by molar-refractivity contribution is 7.91. The van der Waals surface area contributed by atoms with Gasteiger partial charge in [-0.1, -0.05) is 70.2 Å². The summed E-state index contributed by atoms with van der Waals surface area (Å²) in [6.07, 6.45) is -0.324. The summed E-state index contributed by atoms with van der Waals surface area (Å²) in [4.78, 5) is 13.1. The maximum absolute atomic E-state index is 13.5. The van der Waals surface area contributed by atoms with E-state index < -0.39 is 20.9 Å². The minimum Gasteiger partial charge on any atom is -0.294 e. The number of hydrogen-bond acceptors (Lipinski definition) is 3. The van der Waals surface area contributed by atoms with Gasteiger partial charge in [-0.2, -0.15) is 0 Å². The molecule has 0 aliphatic rings. The summed E-state index contributed by atoms with van der Waals surface area (Å²) >= 11 is 24.2. The van der Waals surface area contributed by atoms with Gasteiger partial charge in [0.2, 0.25) is 0 Å². The SMILES string of the molecule is Cc1ccc(S(=O)(=O)[C@H](CC(=O)c2ccc(Cl)cc2Cl)c2ccc(Cl)c(Cl)c2)cc1. The summed E-state index contributed by atoms with van der Waals surface area (Å²) in [7, 11) is -3.92. The normalized spacial score (nSPS) is 12.6. The Kier molecular flexibility index (Phi) is 7.16. The number of ketones is 1. The summed E-state index contributed by atoms with van der Waals surface area (Å²) in [6, 6.07) is 15.5. The highest BCUT2D eigenvalue weighted by atomic mass is 35.5. The predicted molar refractivity (Wildman–Crippen MR) is 123 cm³/mol. The molecule has 0 unspecified atom stereocenters. The third-order valence-corrected chi connectivity index (χ3v) is 8.05. The first-order valence-corrected chi connectivity index (χ1v) is 11.9. The molecule has 156 valence electrons. The van der Waals surface area contributed by atoms with Gasteiger partial charge in [0.1, 0.15) is 0 Å². The monoisotopic (exact) mass is 500 g/mol. The van der Waals surface area contributed by atoms with Gasteiger partial charge in [-0.3, -0.25) is 4.79 Å². The fourth-order valence-electron chi connectivity index (χ4n) is 3.01. The van der Waals surface area contributed by atoms with Gasteiger partial charge in [-0.25, -0.2) is 8.42 Å². The fourth-order valence-corrected chi connectivity index (χ4v) is 5.55. The highest BCUT2D eigenvalue weighted by Crippen LogP contribution is 2.36. The Hall–Kier alpha value is -1.56. The Morgan fingerprint density at radius 3 is 2.10 bits per heavy atom. The van der Waals surface area contributed by atoms with Crippen molar-refractivity contribution in [2.24, 2.45) is 0 Å². The molecule has 1 atom stereocenters. The summed E-state index contributed by atoms with van der Waals surface area (Å²) in [5.41, 5.74) is 1.48. The summed E-state index contributed by atoms with van der Waals surface area (Å²) in [6.45, 7) is 1.86. The second-order valence-electron chi connectivity index (χ2n) is 6.77. The number of hydrogen-bond donors (Lipinski definition) is 0. The molecule has 0 amide bonds. The van der Waals surface area contributed by atoms with Gasteiger partial charge in [0, 0.05) is 17.0 Å². The largest absolute Gasteiger partial charge is 0.294 e. The van der Waals surface area contributed by atoms with Crippen LogP contribution in [0.3, 0.4) is 0 Å². The van der Waals surface area contributed by atoms with Crippen LogP contribution in [0.1, 0.15) is 33.2 Å². The second-order valence-corrected chi connectivity index (χ2v) is 10.6. The quantitative estimate of drug-likeness (QED) is 0.330. The van der Waals surface area contributed by atoms with E-state index in [1.54, 1.807) is 18.2 Å². The van der Waals surface area contributed by atoms with Gasteiger partial charge >= 0.3 is 0 Å². The molecule has 3 aromatic rings. The lowest BCUT2D eigenvalue weighted by Gasteiger charge is -2.19. The minimum atomic E-state index is -3.92. The van der Waals surface area contributed by atoms with Crippen LogP contribution >= 0.6 is 46.4 Å². The Morgan fingerprint density at radius 1 is 0.833 bits per heavy atom. The van der Waals surface area contributed by atoms with Crippen LogP contribution in [-0.2, 0) is 9.84 Å². The van der Waals surface area contributed by atoms with Gasteiger partial charge in [0.05, 0.1) is 25.2 Å². The summed E-state index contributed by atoms with van der Waals surface area (Å²) < 4.78 is 26.9. The third-order valence-electron chi connectivity index (χ3n) is 4.64. The molecule has 3 rings (SSSR count). The predicted octanol–water partition coefficient (Wildman–Crippen LogP) is 7.40. The van der Waals surface area contributed by atoms with Crippen molar-refractivity contribution in [3.05, 3.63) is 97.4 Å². The molecule has 0 N–H and O–H groups in total. The molecule has 0 aliphatic carbocycles. The number of carbonyl (C=O) groups excluding carboxylic acids is 1. The number of benzene rings is 3. The van der Waals surface area contributed by atoms with Crippen molar-refractivity contribution < 1.29 is 13.2 Å². The number of aryl methyl sites for hydroxylation is 1. The van der Waals surface area contributed by atoms with Crippen LogP contribution in [0.2, 0.25) is 20.1 Å². The van der Waals surface area contributed by atoms with Crippen LogP contribution in [0.5, 0.6) is 0 Å². The standard InChI is InChI=1S/C22H16Cl4O3S/c1-13-2-6-16(7-3-13)30(28,29)22(14-4-9-18(24)20(26)10-14)12-21(27)17-8-5-15(23)11-19(17)25/h2-11,22H,12H2,1H3/t22-/m1/s1. The number of halogens is 4. The van der Waals surface area contributed by atoms with Gasteiger partial charge in [-0.05, 0) is 55.0 Å². The van der Waals surface area contributed by atoms with E-state index in [1.165, 1.54) is 42.5 Å². The summed E-state index contributed by atoms with van der Waals surface area (Å²) in [5.74, 6) is -0.427. The van der Waals surface area contributed by atoms with Crippen molar-refractivity contribution in [1.29, 1.82) is 0 Å². The van der Waals surface area contributed by atoms with E-state index in [4.69, 9.17) is 46.4 Å². The first kappa shape index (κ1) is 23.1. The van der Waals surface area contributed by atoms with Gasteiger partial charge in [-0.15, -0.1) is 0 Å². The molecule has 0 spiro atoms. The molecule has 3 nitrogen and oxygen atoms in total. The van der Waals surface area contributed by atoms with Crippen molar-refractivity contribution in [3.63, 3.8) is 0 Å². The van der Waals surface area contributed by atoms with Crippen molar-refractivity contribution in [1.82, 2.24) is 0 Å². The topological polar surface area (TPSA) is 51.2 Å². The van der Waals surface area contributed by atoms with Crippen molar-refractivity contribution in [2.45, 2.75) is 23.5 Å². The van der Waals surface area contributed by atoms with Crippen LogP contribution < -0.4 is 0 Å². The maximum Gasteiger partial charge on any atom is 0.185 e. The van der Waals surface area contributed by atoms with Gasteiger partial charge in [0.25, 0.3) is 0 Å². The lowest BCUT2D eigenvalue weighted by Crippen LogP contribution is -2.18. The molecule has 0 radical (unpaired) electrons. The number of rotatable bonds is 6. The molecule has 0 bridgehead atoms. The first-order chi connectivity index (χ1) is 14.1. The molecule has 0 saturated carbocycles.